The molecule has 1 aromatic heterocycles. The zero-order valence-corrected chi connectivity index (χ0v) is 17.2. The maximum absolute atomic E-state index is 4.44. The fourth-order valence-electron chi connectivity index (χ4n) is 4.46. The van der Waals surface area contributed by atoms with E-state index in [-0.39, 0.29) is 0 Å². The van der Waals surface area contributed by atoms with Gasteiger partial charge in [0.05, 0.1) is 0 Å². The van der Waals surface area contributed by atoms with Crippen LogP contribution < -0.4 is 0 Å². The first-order valence-electron chi connectivity index (χ1n) is 10.0. The molecule has 0 aromatic carbocycles. The van der Waals surface area contributed by atoms with Crippen molar-refractivity contribution >= 4 is 23.0 Å². The Morgan fingerprint density at radius 1 is 1.04 bits per heavy atom. The van der Waals surface area contributed by atoms with Crippen LogP contribution in [0.25, 0.3) is 11.6 Å². The minimum Gasteiger partial charge on any atom is -0.136 e. The number of fused-ring (bicyclic) bond motifs is 4. The molecule has 0 aliphatic heterocycles. The number of thiophene rings is 1. The first-order chi connectivity index (χ1) is 13.7. The molecule has 3 aliphatic carbocycles. The molecule has 1 heterocycles. The SMILES string of the molecule is C=C=CC1=C(C=C)C2=C(CCC1)c1sc3c(c1C/C=C\C=C/C2=C)CCC=C3. The third-order valence-corrected chi connectivity index (χ3v) is 7.01. The number of allylic oxidation sites excluding steroid dienone is 12. The molecule has 0 amide bonds. The summed E-state index contributed by atoms with van der Waals surface area (Å²) in [5.41, 5.74) is 12.3. The quantitative estimate of drug-likeness (QED) is 0.460. The highest BCUT2D eigenvalue weighted by Gasteiger charge is 2.25. The first kappa shape index (κ1) is 18.7. The lowest BCUT2D eigenvalue weighted by Crippen LogP contribution is -2.00. The smallest absolute Gasteiger partial charge is 0.0353 e. The maximum atomic E-state index is 4.44. The van der Waals surface area contributed by atoms with Crippen LogP contribution in [0.5, 0.6) is 0 Å². The molecule has 1 heteroatoms. The summed E-state index contributed by atoms with van der Waals surface area (Å²) in [5, 5.41) is 0. The van der Waals surface area contributed by atoms with Gasteiger partial charge < -0.3 is 0 Å². The molecule has 28 heavy (non-hydrogen) atoms. The number of hydrogen-bond donors (Lipinski definition) is 0. The van der Waals surface area contributed by atoms with Crippen LogP contribution >= 0.6 is 11.3 Å². The molecule has 4 rings (SSSR count). The molecule has 1 aromatic rings. The van der Waals surface area contributed by atoms with Crippen molar-refractivity contribution in [1.29, 1.82) is 0 Å². The summed E-state index contributed by atoms with van der Waals surface area (Å²) in [4.78, 5) is 2.89. The van der Waals surface area contributed by atoms with Gasteiger partial charge in [0, 0.05) is 9.75 Å². The summed E-state index contributed by atoms with van der Waals surface area (Å²) in [6.07, 6.45) is 23.8. The van der Waals surface area contributed by atoms with Gasteiger partial charge in [0.2, 0.25) is 0 Å². The highest BCUT2D eigenvalue weighted by molar-refractivity contribution is 7.14. The predicted octanol–water partition coefficient (Wildman–Crippen LogP) is 7.69. The van der Waals surface area contributed by atoms with E-state index in [1.165, 1.54) is 37.6 Å². The first-order valence-corrected chi connectivity index (χ1v) is 10.8. The lowest BCUT2D eigenvalue weighted by Gasteiger charge is -2.18. The van der Waals surface area contributed by atoms with Crippen LogP contribution in [0.4, 0.5) is 0 Å². The van der Waals surface area contributed by atoms with Crippen molar-refractivity contribution in [3.8, 4) is 0 Å². The molecular formula is C27H26S. The Balaban J connectivity index is 2.05. The Labute approximate surface area is 172 Å². The van der Waals surface area contributed by atoms with Gasteiger partial charge >= 0.3 is 0 Å². The van der Waals surface area contributed by atoms with E-state index in [0.717, 1.165) is 44.1 Å². The van der Waals surface area contributed by atoms with Gasteiger partial charge in [0.1, 0.15) is 0 Å². The highest BCUT2D eigenvalue weighted by atomic mass is 32.1. The Morgan fingerprint density at radius 3 is 2.75 bits per heavy atom. The molecule has 0 bridgehead atoms. The third-order valence-electron chi connectivity index (χ3n) is 5.71. The van der Waals surface area contributed by atoms with E-state index >= 15 is 0 Å². The van der Waals surface area contributed by atoms with Crippen molar-refractivity contribution in [2.45, 2.75) is 38.5 Å². The van der Waals surface area contributed by atoms with Gasteiger partial charge in [0.25, 0.3) is 0 Å². The zero-order valence-electron chi connectivity index (χ0n) is 16.4. The molecule has 0 spiro atoms. The van der Waals surface area contributed by atoms with E-state index in [4.69, 9.17) is 0 Å². The van der Waals surface area contributed by atoms with Crippen molar-refractivity contribution in [3.63, 3.8) is 0 Å². The van der Waals surface area contributed by atoms with Crippen LogP contribution in [0.2, 0.25) is 0 Å². The standard InChI is InChI=1S/C27H26S/c1-4-12-20-14-11-17-24-26(21(20)5-2)19(3)13-7-6-8-16-23-22-15-9-10-18-25(22)28-27(23)24/h5-8,10,12-13,18H,1-3,9,11,14-17H2/b8-6-,13-7-. The van der Waals surface area contributed by atoms with Crippen molar-refractivity contribution in [1.82, 2.24) is 0 Å². The summed E-state index contributed by atoms with van der Waals surface area (Å²) in [7, 11) is 0. The van der Waals surface area contributed by atoms with Crippen LogP contribution in [0.15, 0.2) is 90.3 Å². The summed E-state index contributed by atoms with van der Waals surface area (Å²) in [6.45, 7) is 12.4. The van der Waals surface area contributed by atoms with Gasteiger partial charge in [-0.25, -0.2) is 0 Å². The average molecular weight is 383 g/mol. The van der Waals surface area contributed by atoms with E-state index in [1.54, 1.807) is 5.56 Å². The molecule has 0 radical (unpaired) electrons. The van der Waals surface area contributed by atoms with Crippen LogP contribution in [0.3, 0.4) is 0 Å². The Kier molecular flexibility index (Phi) is 5.48. The molecular weight excluding hydrogens is 356 g/mol. The zero-order chi connectivity index (χ0) is 19.5. The van der Waals surface area contributed by atoms with Gasteiger partial charge in [-0.05, 0) is 89.7 Å². The minimum atomic E-state index is 0.995. The van der Waals surface area contributed by atoms with Gasteiger partial charge in [0.15, 0.2) is 0 Å². The van der Waals surface area contributed by atoms with Gasteiger partial charge in [-0.15, -0.1) is 17.1 Å². The van der Waals surface area contributed by atoms with Gasteiger partial charge in [-0.2, -0.15) is 0 Å². The Hall–Kier alpha value is -2.60. The van der Waals surface area contributed by atoms with E-state index < -0.39 is 0 Å². The molecule has 0 saturated heterocycles. The number of rotatable bonds is 2. The van der Waals surface area contributed by atoms with E-state index in [1.807, 2.05) is 23.5 Å². The second-order valence-corrected chi connectivity index (χ2v) is 8.46. The Bertz CT molecular complexity index is 1040. The second-order valence-electron chi connectivity index (χ2n) is 7.41. The summed E-state index contributed by atoms with van der Waals surface area (Å²) in [5.74, 6) is 0. The van der Waals surface area contributed by atoms with Crippen LogP contribution in [-0.2, 0) is 12.8 Å². The molecule has 140 valence electrons. The van der Waals surface area contributed by atoms with E-state index in [0.29, 0.717) is 0 Å². The van der Waals surface area contributed by atoms with Crippen LogP contribution in [0.1, 0.15) is 46.6 Å². The maximum Gasteiger partial charge on any atom is 0.0353 e. The van der Waals surface area contributed by atoms with Crippen molar-refractivity contribution in [2.24, 2.45) is 0 Å². The molecule has 0 saturated carbocycles. The molecule has 0 nitrogen and oxygen atoms in total. The van der Waals surface area contributed by atoms with Crippen molar-refractivity contribution < 1.29 is 0 Å². The fraction of sp³-hybridized carbons (Fsp3) is 0.222. The predicted molar refractivity (Wildman–Crippen MR) is 125 cm³/mol. The van der Waals surface area contributed by atoms with E-state index in [9.17, 15) is 0 Å². The number of hydrogen-bond acceptors (Lipinski definition) is 1. The molecule has 0 N–H and O–H groups in total. The fourth-order valence-corrected chi connectivity index (χ4v) is 5.85. The topological polar surface area (TPSA) is 0 Å². The lowest BCUT2D eigenvalue weighted by atomic mass is 9.87. The molecule has 0 atom stereocenters. The third kappa shape index (κ3) is 3.33. The minimum absolute atomic E-state index is 0.995. The average Bonchev–Trinajstić information content (AvgIpc) is 2.96. The highest BCUT2D eigenvalue weighted by Crippen LogP contribution is 2.45. The monoisotopic (exact) mass is 382 g/mol. The summed E-state index contributed by atoms with van der Waals surface area (Å²) in [6, 6.07) is 0. The second kappa shape index (κ2) is 8.19. The van der Waals surface area contributed by atoms with Crippen LogP contribution in [0, 0.1) is 0 Å². The van der Waals surface area contributed by atoms with Crippen LogP contribution in [-0.4, -0.2) is 0 Å². The molecule has 3 aliphatic rings. The van der Waals surface area contributed by atoms with E-state index in [2.05, 4.69) is 61.9 Å². The largest absolute Gasteiger partial charge is 0.136 e. The van der Waals surface area contributed by atoms with Crippen molar-refractivity contribution in [3.05, 3.63) is 111 Å². The summed E-state index contributed by atoms with van der Waals surface area (Å²) < 4.78 is 0. The molecule has 0 fully saturated rings. The summed E-state index contributed by atoms with van der Waals surface area (Å²) >= 11 is 1.96. The lowest BCUT2D eigenvalue weighted by molar-refractivity contribution is 0.862. The molecule has 0 unspecified atom stereocenters. The van der Waals surface area contributed by atoms with Gasteiger partial charge in [-0.1, -0.05) is 56.2 Å². The van der Waals surface area contributed by atoms with Gasteiger partial charge in [-0.3, -0.25) is 0 Å². The van der Waals surface area contributed by atoms with Crippen molar-refractivity contribution in [2.75, 3.05) is 0 Å². The normalized spacial score (nSPS) is 21.1. The Morgan fingerprint density at radius 2 is 1.93 bits per heavy atom.